The van der Waals surface area contributed by atoms with Crippen molar-refractivity contribution in [2.24, 2.45) is 0 Å². The van der Waals surface area contributed by atoms with Crippen molar-refractivity contribution in [2.45, 2.75) is 95.5 Å². The van der Waals surface area contributed by atoms with Crippen molar-refractivity contribution in [1.29, 1.82) is 0 Å². The molecule has 2 aromatic carbocycles. The average molecular weight is 841 g/mol. The molecule has 13 nitrogen and oxygen atoms in total. The summed E-state index contributed by atoms with van der Waals surface area (Å²) in [5.74, 6) is 0.672. The molecule has 8 rings (SSSR count). The van der Waals surface area contributed by atoms with E-state index >= 15 is 4.39 Å². The highest BCUT2D eigenvalue weighted by Gasteiger charge is 2.45. The number of thioether (sulfide) groups is 1. The third-order valence-electron chi connectivity index (χ3n) is 11.0. The lowest BCUT2D eigenvalue weighted by molar-refractivity contribution is 0.0122. The maximum absolute atomic E-state index is 15.5. The molecule has 3 saturated heterocycles. The van der Waals surface area contributed by atoms with Crippen molar-refractivity contribution in [1.82, 2.24) is 29.2 Å². The average Bonchev–Trinajstić information content (AvgIpc) is 3.67. The van der Waals surface area contributed by atoms with E-state index in [1.54, 1.807) is 38.6 Å². The van der Waals surface area contributed by atoms with E-state index in [2.05, 4.69) is 26.9 Å². The highest BCUT2D eigenvalue weighted by molar-refractivity contribution is 7.99. The topological polar surface area (TPSA) is 125 Å². The summed E-state index contributed by atoms with van der Waals surface area (Å²) in [6.07, 6.45) is 0.648. The van der Waals surface area contributed by atoms with Crippen molar-refractivity contribution in [3.8, 4) is 11.1 Å². The molecule has 306 valence electrons. The van der Waals surface area contributed by atoms with E-state index in [0.29, 0.717) is 52.9 Å². The Morgan fingerprint density at radius 2 is 1.65 bits per heavy atom. The number of benzene rings is 2. The number of nitrogens with one attached hydrogen (secondary N) is 1. The molecule has 2 aromatic heterocycles. The van der Waals surface area contributed by atoms with Crippen LogP contribution in [0, 0.1) is 5.82 Å². The number of likely N-dealkylation sites (N-methyl/N-ethyl adjacent to an activating group) is 1. The summed E-state index contributed by atoms with van der Waals surface area (Å²) < 4.78 is 28.8. The molecule has 0 aliphatic carbocycles. The van der Waals surface area contributed by atoms with Crippen LogP contribution < -0.4 is 15.9 Å². The number of anilines is 2. The molecule has 2 bridgehead atoms. The highest BCUT2D eigenvalue weighted by Crippen LogP contribution is 2.50. The molecule has 17 heteroatoms. The van der Waals surface area contributed by atoms with Crippen LogP contribution in [0.5, 0.6) is 0 Å². The zero-order valence-corrected chi connectivity index (χ0v) is 35.9. The summed E-state index contributed by atoms with van der Waals surface area (Å²) in [6, 6.07) is 4.58. The largest absolute Gasteiger partial charge is 0.444 e. The number of halogens is 2. The van der Waals surface area contributed by atoms with Gasteiger partial charge in [-0.2, -0.15) is 4.98 Å². The van der Waals surface area contributed by atoms with Crippen LogP contribution in [0.4, 0.5) is 24.9 Å². The summed E-state index contributed by atoms with van der Waals surface area (Å²) in [6.45, 7) is 19.6. The van der Waals surface area contributed by atoms with Crippen LogP contribution in [0.2, 0.25) is 5.02 Å². The van der Waals surface area contributed by atoms with Crippen LogP contribution in [0.3, 0.4) is 0 Å². The lowest BCUT2D eigenvalue weighted by atomic mass is 10.0. The minimum absolute atomic E-state index is 0.0930. The molecule has 4 aliphatic heterocycles. The Balaban J connectivity index is 1.23. The number of ether oxygens (including phenoxy) is 2. The van der Waals surface area contributed by atoms with Crippen molar-refractivity contribution in [3.63, 3.8) is 0 Å². The Morgan fingerprint density at radius 1 is 0.982 bits per heavy atom. The van der Waals surface area contributed by atoms with Crippen LogP contribution >= 0.6 is 34.7 Å². The number of carbonyl (C=O) groups excluding carboxylic acids is 2. The molecule has 1 N–H and O–H groups in total. The lowest BCUT2D eigenvalue weighted by Gasteiger charge is -2.42. The third-order valence-corrected chi connectivity index (χ3v) is 13.5. The normalized spacial score (nSPS) is 21.7. The zero-order valence-electron chi connectivity index (χ0n) is 33.5. The van der Waals surface area contributed by atoms with E-state index in [9.17, 15) is 14.4 Å². The number of amides is 2. The fourth-order valence-corrected chi connectivity index (χ4v) is 11.1. The van der Waals surface area contributed by atoms with Crippen LogP contribution in [0.15, 0.2) is 27.9 Å². The molecule has 2 amide bonds. The Kier molecular flexibility index (Phi) is 10.7. The quantitative estimate of drug-likeness (QED) is 0.206. The molecule has 57 heavy (non-hydrogen) atoms. The standard InChI is InChI=1S/C40H50ClFN8O5S2/c1-8-46-13-15-47(16-14-46)18-24-21-56-33-29(25-11-12-28(42)32-30(25)43-35(57-32)45-37(52)54-39(2,3)4)27(41)17-26-31(33)50(24)36(51)44-34(26)48-19-22-9-10-23(20-48)49(22)38(53)55-40(5,6)7/h11-12,17,22-24H,8-10,13-16,18-21H2,1-7H3,(H,43,45,52)/t22?,23?,24-/m0/s1. The first-order valence-electron chi connectivity index (χ1n) is 19.7. The van der Waals surface area contributed by atoms with E-state index in [-0.39, 0.29) is 39.7 Å². The van der Waals surface area contributed by atoms with Gasteiger partial charge < -0.3 is 19.3 Å². The van der Waals surface area contributed by atoms with Crippen molar-refractivity contribution < 1.29 is 23.5 Å². The van der Waals surface area contributed by atoms with E-state index in [4.69, 9.17) is 31.0 Å². The van der Waals surface area contributed by atoms with Gasteiger partial charge in [-0.1, -0.05) is 29.9 Å². The van der Waals surface area contributed by atoms with E-state index in [0.717, 1.165) is 72.7 Å². The minimum Gasteiger partial charge on any atom is -0.444 e. The Labute approximate surface area is 344 Å². The number of aromatic nitrogens is 3. The van der Waals surface area contributed by atoms with Gasteiger partial charge >= 0.3 is 17.9 Å². The predicted molar refractivity (Wildman–Crippen MR) is 225 cm³/mol. The molecule has 4 aliphatic rings. The number of fused-ring (bicyclic) bond motifs is 3. The SMILES string of the molecule is CCN1CCN(C[C@H]2CSc3c(-c4ccc(F)c5sc(NC(=O)OC(C)(C)C)nc45)c(Cl)cc4c(N5CC6CCC(C5)N6C(=O)OC(C)(C)C)nc(=O)n2c34)CC1. The van der Waals surface area contributed by atoms with Gasteiger partial charge in [-0.25, -0.2) is 23.8 Å². The summed E-state index contributed by atoms with van der Waals surface area (Å²) in [5.41, 5.74) is 0.627. The van der Waals surface area contributed by atoms with Gasteiger partial charge in [0.2, 0.25) is 0 Å². The fourth-order valence-electron chi connectivity index (χ4n) is 8.58. The second-order valence-electron chi connectivity index (χ2n) is 17.3. The molecule has 3 atom stereocenters. The maximum atomic E-state index is 15.5. The first kappa shape index (κ1) is 40.1. The minimum atomic E-state index is -0.730. The molecule has 3 fully saturated rings. The van der Waals surface area contributed by atoms with Crippen LogP contribution in [-0.2, 0) is 9.47 Å². The number of rotatable bonds is 6. The van der Waals surface area contributed by atoms with Gasteiger partial charge in [0.15, 0.2) is 5.13 Å². The third kappa shape index (κ3) is 7.91. The lowest BCUT2D eigenvalue weighted by Crippen LogP contribution is -2.57. The summed E-state index contributed by atoms with van der Waals surface area (Å²) in [4.78, 5) is 59.7. The summed E-state index contributed by atoms with van der Waals surface area (Å²) >= 11 is 9.99. The Morgan fingerprint density at radius 3 is 2.30 bits per heavy atom. The van der Waals surface area contributed by atoms with Gasteiger partial charge in [0, 0.05) is 73.0 Å². The van der Waals surface area contributed by atoms with E-state index < -0.39 is 23.1 Å². The second kappa shape index (κ2) is 15.2. The molecule has 0 spiro atoms. The zero-order chi connectivity index (χ0) is 40.6. The van der Waals surface area contributed by atoms with Gasteiger partial charge in [0.05, 0.1) is 38.9 Å². The van der Waals surface area contributed by atoms with Crippen molar-refractivity contribution >= 4 is 79.0 Å². The summed E-state index contributed by atoms with van der Waals surface area (Å²) in [5, 5.41) is 4.01. The smallest absolute Gasteiger partial charge is 0.413 e. The number of nitrogens with zero attached hydrogens (tertiary/aromatic N) is 7. The van der Waals surface area contributed by atoms with Gasteiger partial charge in [0.25, 0.3) is 0 Å². The van der Waals surface area contributed by atoms with Crippen LogP contribution in [-0.4, -0.2) is 123 Å². The molecule has 4 aromatic rings. The molecular formula is C40H50ClFN8O5S2. The van der Waals surface area contributed by atoms with Gasteiger partial charge in [0.1, 0.15) is 22.8 Å². The number of thiazole rings is 1. The number of carbonyl (C=O) groups is 2. The first-order chi connectivity index (χ1) is 27.0. The Hall–Kier alpha value is -3.70. The maximum Gasteiger partial charge on any atom is 0.413 e. The Bertz CT molecular complexity index is 2290. The van der Waals surface area contributed by atoms with Gasteiger partial charge in [-0.05, 0) is 79.1 Å². The fraction of sp³-hybridized carbons (Fsp3) is 0.575. The van der Waals surface area contributed by atoms with Gasteiger partial charge in [-0.3, -0.25) is 19.7 Å². The van der Waals surface area contributed by atoms with Crippen LogP contribution in [0.25, 0.3) is 32.2 Å². The molecule has 6 heterocycles. The summed E-state index contributed by atoms with van der Waals surface area (Å²) in [7, 11) is 0. The number of hydrogen-bond acceptors (Lipinski definition) is 12. The number of piperazine rings is 2. The molecule has 0 radical (unpaired) electrons. The molecule has 2 unspecified atom stereocenters. The number of hydrogen-bond donors (Lipinski definition) is 1. The van der Waals surface area contributed by atoms with E-state index in [1.165, 1.54) is 6.07 Å². The first-order valence-corrected chi connectivity index (χ1v) is 21.9. The second-order valence-corrected chi connectivity index (χ2v) is 19.8. The molecular weight excluding hydrogens is 791 g/mol. The van der Waals surface area contributed by atoms with Gasteiger partial charge in [-0.15, -0.1) is 11.8 Å². The van der Waals surface area contributed by atoms with Crippen LogP contribution in [0.1, 0.15) is 67.3 Å². The highest BCUT2D eigenvalue weighted by atomic mass is 35.5. The van der Waals surface area contributed by atoms with Crippen molar-refractivity contribution in [3.05, 3.63) is 39.5 Å². The van der Waals surface area contributed by atoms with Crippen molar-refractivity contribution in [2.75, 3.05) is 68.3 Å². The van der Waals surface area contributed by atoms with E-state index in [1.807, 2.05) is 36.3 Å². The molecule has 0 saturated carbocycles. The predicted octanol–water partition coefficient (Wildman–Crippen LogP) is 7.69. The monoisotopic (exact) mass is 840 g/mol.